The highest BCUT2D eigenvalue weighted by molar-refractivity contribution is 7.99. The molecule has 1 saturated heterocycles. The van der Waals surface area contributed by atoms with E-state index in [1.165, 1.54) is 4.90 Å². The average molecular weight is 268 g/mol. The van der Waals surface area contributed by atoms with Crippen molar-refractivity contribution in [2.45, 2.75) is 18.9 Å². The highest BCUT2D eigenvalue weighted by atomic mass is 32.2. The number of nitrogens with one attached hydrogen (secondary N) is 1. The number of halogens is 2. The van der Waals surface area contributed by atoms with Crippen LogP contribution in [0.1, 0.15) is 6.42 Å². The monoisotopic (exact) mass is 268 g/mol. The molecule has 0 aromatic rings. The number of carboxylic acid groups (broad SMARTS) is 1. The first-order valence-corrected chi connectivity index (χ1v) is 6.28. The second-order valence-electron chi connectivity index (χ2n) is 3.60. The Morgan fingerprint density at radius 3 is 2.82 bits per heavy atom. The second-order valence-corrected chi connectivity index (χ2v) is 4.75. The van der Waals surface area contributed by atoms with Gasteiger partial charge in [-0.15, -0.1) is 0 Å². The molecule has 98 valence electrons. The van der Waals surface area contributed by atoms with Gasteiger partial charge >= 0.3 is 12.0 Å². The lowest BCUT2D eigenvalue weighted by molar-refractivity contribution is -0.138. The Labute approximate surface area is 102 Å². The quantitative estimate of drug-likeness (QED) is 0.793. The van der Waals surface area contributed by atoms with E-state index in [9.17, 15) is 18.4 Å². The molecule has 1 aliphatic heterocycles. The number of carbonyl (C=O) groups excluding carboxylic acids is 1. The molecule has 2 N–H and O–H groups in total. The van der Waals surface area contributed by atoms with Gasteiger partial charge in [-0.25, -0.2) is 13.6 Å². The van der Waals surface area contributed by atoms with Crippen LogP contribution in [0.4, 0.5) is 13.6 Å². The number of amides is 2. The van der Waals surface area contributed by atoms with Crippen molar-refractivity contribution in [3.05, 3.63) is 0 Å². The van der Waals surface area contributed by atoms with E-state index in [1.54, 1.807) is 11.8 Å². The van der Waals surface area contributed by atoms with Crippen LogP contribution < -0.4 is 5.32 Å². The zero-order valence-electron chi connectivity index (χ0n) is 9.07. The number of rotatable bonds is 4. The zero-order chi connectivity index (χ0) is 12.8. The molecule has 1 fully saturated rings. The van der Waals surface area contributed by atoms with Gasteiger partial charge in [0.1, 0.15) is 0 Å². The Balaban J connectivity index is 2.51. The smallest absolute Gasteiger partial charge is 0.317 e. The molecule has 0 aromatic carbocycles. The molecule has 2 amide bonds. The number of carboxylic acids is 1. The Hall–Kier alpha value is -1.05. The molecule has 17 heavy (non-hydrogen) atoms. The maximum Gasteiger partial charge on any atom is 0.317 e. The lowest BCUT2D eigenvalue weighted by Gasteiger charge is -2.34. The van der Waals surface area contributed by atoms with Gasteiger partial charge in [0.05, 0.1) is 19.0 Å². The molecule has 0 radical (unpaired) electrons. The van der Waals surface area contributed by atoms with Gasteiger partial charge in [-0.2, -0.15) is 11.8 Å². The number of urea groups is 1. The molecule has 1 unspecified atom stereocenters. The number of hydrogen-bond donors (Lipinski definition) is 2. The number of hydrogen-bond acceptors (Lipinski definition) is 3. The topological polar surface area (TPSA) is 69.6 Å². The lowest BCUT2D eigenvalue weighted by atomic mass is 10.2. The van der Waals surface area contributed by atoms with Crippen molar-refractivity contribution in [1.82, 2.24) is 10.2 Å². The van der Waals surface area contributed by atoms with Crippen molar-refractivity contribution < 1.29 is 23.5 Å². The third kappa shape index (κ3) is 4.76. The fourth-order valence-electron chi connectivity index (χ4n) is 1.56. The molecule has 0 saturated carbocycles. The van der Waals surface area contributed by atoms with Gasteiger partial charge in [0, 0.05) is 18.1 Å². The minimum absolute atomic E-state index is 0.158. The summed E-state index contributed by atoms with van der Waals surface area (Å²) in [6.07, 6.45) is -2.76. The summed E-state index contributed by atoms with van der Waals surface area (Å²) in [4.78, 5) is 23.5. The molecule has 0 aromatic heterocycles. The van der Waals surface area contributed by atoms with Gasteiger partial charge in [-0.05, 0) is 0 Å². The Morgan fingerprint density at radius 1 is 1.53 bits per heavy atom. The largest absolute Gasteiger partial charge is 0.481 e. The van der Waals surface area contributed by atoms with Crippen LogP contribution in [0.2, 0.25) is 0 Å². The first-order chi connectivity index (χ1) is 8.00. The van der Waals surface area contributed by atoms with Gasteiger partial charge in [0.2, 0.25) is 0 Å². The summed E-state index contributed by atoms with van der Waals surface area (Å²) in [6.45, 7) is -0.319. The van der Waals surface area contributed by atoms with Crippen molar-refractivity contribution >= 4 is 23.8 Å². The van der Waals surface area contributed by atoms with Crippen LogP contribution in [0.15, 0.2) is 0 Å². The van der Waals surface area contributed by atoms with Crippen molar-refractivity contribution in [2.75, 3.05) is 24.6 Å². The number of aliphatic carboxylic acids is 1. The fourth-order valence-corrected chi connectivity index (χ4v) is 2.62. The maximum atomic E-state index is 11.9. The summed E-state index contributed by atoms with van der Waals surface area (Å²) in [5.74, 6) is 0.219. The third-order valence-electron chi connectivity index (χ3n) is 2.31. The summed E-state index contributed by atoms with van der Waals surface area (Å²) in [5, 5.41) is 10.8. The molecule has 1 atom stereocenters. The Kier molecular flexibility index (Phi) is 5.46. The highest BCUT2D eigenvalue weighted by Gasteiger charge is 2.28. The summed E-state index contributed by atoms with van der Waals surface area (Å²) in [7, 11) is 0. The van der Waals surface area contributed by atoms with Crippen molar-refractivity contribution in [1.29, 1.82) is 0 Å². The average Bonchev–Trinajstić information content (AvgIpc) is 2.25. The van der Waals surface area contributed by atoms with E-state index in [-0.39, 0.29) is 6.42 Å². The van der Waals surface area contributed by atoms with Crippen LogP contribution in [-0.2, 0) is 4.79 Å². The summed E-state index contributed by atoms with van der Waals surface area (Å²) in [6, 6.07) is -1.04. The normalized spacial score (nSPS) is 20.4. The molecular weight excluding hydrogens is 254 g/mol. The number of alkyl halides is 2. The van der Waals surface area contributed by atoms with Crippen LogP contribution in [0.3, 0.4) is 0 Å². The zero-order valence-corrected chi connectivity index (χ0v) is 9.88. The van der Waals surface area contributed by atoms with Gasteiger partial charge in [0.25, 0.3) is 6.43 Å². The predicted molar refractivity (Wildman–Crippen MR) is 59.5 cm³/mol. The maximum absolute atomic E-state index is 11.9. The Morgan fingerprint density at radius 2 is 2.24 bits per heavy atom. The molecule has 5 nitrogen and oxygen atoms in total. The fraction of sp³-hybridized carbons (Fsp3) is 0.778. The molecule has 0 bridgehead atoms. The van der Waals surface area contributed by atoms with E-state index >= 15 is 0 Å². The van der Waals surface area contributed by atoms with Crippen LogP contribution in [0.25, 0.3) is 0 Å². The van der Waals surface area contributed by atoms with Crippen LogP contribution in [-0.4, -0.2) is 59.1 Å². The van der Waals surface area contributed by atoms with E-state index in [0.29, 0.717) is 18.1 Å². The molecule has 0 aliphatic carbocycles. The number of nitrogens with zero attached hydrogens (tertiary/aromatic N) is 1. The Bertz CT molecular complexity index is 291. The third-order valence-corrected chi connectivity index (χ3v) is 3.40. The van der Waals surface area contributed by atoms with Crippen molar-refractivity contribution in [3.8, 4) is 0 Å². The minimum Gasteiger partial charge on any atom is -0.481 e. The van der Waals surface area contributed by atoms with Crippen LogP contribution >= 0.6 is 11.8 Å². The summed E-state index contributed by atoms with van der Waals surface area (Å²) < 4.78 is 23.9. The number of thioether (sulfide) groups is 1. The van der Waals surface area contributed by atoms with Gasteiger partial charge in [-0.3, -0.25) is 4.79 Å². The van der Waals surface area contributed by atoms with Crippen molar-refractivity contribution in [2.24, 2.45) is 0 Å². The molecular formula is C9H14F2N2O3S. The summed E-state index contributed by atoms with van der Waals surface area (Å²) in [5.41, 5.74) is 0. The van der Waals surface area contributed by atoms with Gasteiger partial charge in [0.15, 0.2) is 0 Å². The molecule has 1 heterocycles. The van der Waals surface area contributed by atoms with Crippen LogP contribution in [0, 0.1) is 0 Å². The lowest BCUT2D eigenvalue weighted by Crippen LogP contribution is -2.51. The molecule has 1 rings (SSSR count). The van der Waals surface area contributed by atoms with Crippen molar-refractivity contribution in [3.63, 3.8) is 0 Å². The molecule has 1 aliphatic rings. The van der Waals surface area contributed by atoms with E-state index in [2.05, 4.69) is 5.32 Å². The predicted octanol–water partition coefficient (Wildman–Crippen LogP) is 0.853. The molecule has 8 heteroatoms. The van der Waals surface area contributed by atoms with Crippen LogP contribution in [0.5, 0.6) is 0 Å². The van der Waals surface area contributed by atoms with E-state index < -0.39 is 31.0 Å². The van der Waals surface area contributed by atoms with E-state index in [0.717, 1.165) is 0 Å². The first kappa shape index (κ1) is 14.0. The molecule has 0 spiro atoms. The number of carbonyl (C=O) groups is 2. The van der Waals surface area contributed by atoms with Gasteiger partial charge < -0.3 is 15.3 Å². The first-order valence-electron chi connectivity index (χ1n) is 5.13. The SMILES string of the molecule is O=C(O)CC1CSCCN1C(=O)NCC(F)F. The standard InChI is InChI=1S/C9H14F2N2O3S/c10-7(11)4-12-9(16)13-1-2-17-5-6(13)3-8(14)15/h6-7H,1-5H2,(H,12,16)(H,14,15). The van der Waals surface area contributed by atoms with E-state index in [4.69, 9.17) is 5.11 Å². The minimum atomic E-state index is -2.60. The highest BCUT2D eigenvalue weighted by Crippen LogP contribution is 2.19. The summed E-state index contributed by atoms with van der Waals surface area (Å²) >= 11 is 1.56. The van der Waals surface area contributed by atoms with Gasteiger partial charge in [-0.1, -0.05) is 0 Å². The van der Waals surface area contributed by atoms with E-state index in [1.807, 2.05) is 0 Å². The second kappa shape index (κ2) is 6.63.